The number of rotatable bonds is 5. The van der Waals surface area contributed by atoms with E-state index in [0.29, 0.717) is 60.2 Å². The van der Waals surface area contributed by atoms with E-state index in [1.54, 1.807) is 24.3 Å². The van der Waals surface area contributed by atoms with Crippen molar-refractivity contribution in [2.45, 2.75) is 44.5 Å². The predicted molar refractivity (Wildman–Crippen MR) is 151 cm³/mol. The highest BCUT2D eigenvalue weighted by Gasteiger charge is 2.35. The number of imidazole rings is 1. The molecule has 2 aliphatic heterocycles. The number of anilines is 1. The molecule has 5 heterocycles. The van der Waals surface area contributed by atoms with Gasteiger partial charge in [-0.3, -0.25) is 15.0 Å². The molecule has 3 N–H and O–H groups in total. The molecular formula is C29H29F5N6O5. The number of ether oxygens (including phenoxy) is 2. The molecule has 16 heteroatoms. The third kappa shape index (κ3) is 5.97. The molecule has 0 spiro atoms. The number of benzene rings is 2. The number of fused-ring (bicyclic) bond motifs is 4. The lowest BCUT2D eigenvalue weighted by Gasteiger charge is -2.31. The van der Waals surface area contributed by atoms with Crippen molar-refractivity contribution in [3.8, 4) is 6.01 Å². The van der Waals surface area contributed by atoms with Crippen LogP contribution in [0.15, 0.2) is 46.9 Å². The highest BCUT2D eigenvalue weighted by molar-refractivity contribution is 6.05. The second-order valence-corrected chi connectivity index (χ2v) is 10.9. The Kier molecular flexibility index (Phi) is 8.47. The van der Waals surface area contributed by atoms with E-state index in [0.717, 1.165) is 17.8 Å². The Balaban J connectivity index is 0.00000115. The van der Waals surface area contributed by atoms with Gasteiger partial charge in [0.1, 0.15) is 17.2 Å². The lowest BCUT2D eigenvalue weighted by Crippen LogP contribution is -2.30. The van der Waals surface area contributed by atoms with Gasteiger partial charge in [-0.2, -0.15) is 18.2 Å². The van der Waals surface area contributed by atoms with Crippen LogP contribution in [0.4, 0.5) is 27.8 Å². The van der Waals surface area contributed by atoms with Crippen LogP contribution in [0.3, 0.4) is 0 Å². The summed E-state index contributed by atoms with van der Waals surface area (Å²) in [6, 6.07) is 10.7. The van der Waals surface area contributed by atoms with E-state index < -0.39 is 30.1 Å². The Bertz CT molecular complexity index is 1810. The van der Waals surface area contributed by atoms with Crippen molar-refractivity contribution in [2.24, 2.45) is 5.92 Å². The van der Waals surface area contributed by atoms with Crippen LogP contribution < -0.4 is 15.3 Å². The van der Waals surface area contributed by atoms with Crippen molar-refractivity contribution < 1.29 is 46.3 Å². The van der Waals surface area contributed by atoms with E-state index in [9.17, 15) is 22.0 Å². The summed E-state index contributed by atoms with van der Waals surface area (Å²) in [6.45, 7) is 3.76. The summed E-state index contributed by atoms with van der Waals surface area (Å²) in [5, 5.41) is 14.4. The second kappa shape index (κ2) is 12.3. The molecular weight excluding hydrogens is 607 g/mol. The Morgan fingerprint density at radius 2 is 1.84 bits per heavy atom. The number of hydrogen-bond acceptors (Lipinski definition) is 10. The second-order valence-electron chi connectivity index (χ2n) is 10.9. The zero-order chi connectivity index (χ0) is 31.9. The summed E-state index contributed by atoms with van der Waals surface area (Å²) in [4.78, 5) is 14.6. The fraction of sp³-hybridized carbons (Fsp3) is 0.414. The molecule has 2 aromatic carbocycles. The normalized spacial score (nSPS) is 20.7. The van der Waals surface area contributed by atoms with Gasteiger partial charge in [0.05, 0.1) is 29.7 Å². The first-order valence-electron chi connectivity index (χ1n) is 14.2. The van der Waals surface area contributed by atoms with Gasteiger partial charge >= 0.3 is 6.18 Å². The summed E-state index contributed by atoms with van der Waals surface area (Å²) in [5.74, 6) is -0.265. The predicted octanol–water partition coefficient (Wildman–Crippen LogP) is 6.29. The van der Waals surface area contributed by atoms with Crippen LogP contribution in [0.5, 0.6) is 6.01 Å². The van der Waals surface area contributed by atoms with Gasteiger partial charge in [-0.25, -0.2) is 18.7 Å². The SMILES string of the molecule is CC1COCC[C@H]1n1c(O[C@H]2CCN(c3nc(C(F)F)nc4c3oc3ccccc34)C2)nc2cc(C(F)(F)F)ccc21.ONO. The molecule has 7 rings (SSSR count). The molecule has 11 nitrogen and oxygen atoms in total. The van der Waals surface area contributed by atoms with Gasteiger partial charge in [-0.15, -0.1) is 0 Å². The van der Waals surface area contributed by atoms with Gasteiger partial charge in [0, 0.05) is 36.9 Å². The van der Waals surface area contributed by atoms with Crippen LogP contribution in [0, 0.1) is 5.92 Å². The molecule has 0 aliphatic carbocycles. The van der Waals surface area contributed by atoms with Crippen molar-refractivity contribution in [3.63, 3.8) is 0 Å². The van der Waals surface area contributed by atoms with Gasteiger partial charge in [0.25, 0.3) is 12.4 Å². The van der Waals surface area contributed by atoms with E-state index in [-0.39, 0.29) is 35.8 Å². The summed E-state index contributed by atoms with van der Waals surface area (Å²) >= 11 is 0. The molecule has 3 aromatic heterocycles. The largest absolute Gasteiger partial charge is 0.459 e. The third-order valence-corrected chi connectivity index (χ3v) is 8.04. The molecule has 1 unspecified atom stereocenters. The Morgan fingerprint density at radius 1 is 1.07 bits per heavy atom. The average molecular weight is 637 g/mol. The topological polar surface area (TPSA) is 131 Å². The van der Waals surface area contributed by atoms with Crippen LogP contribution in [-0.4, -0.2) is 62.3 Å². The highest BCUT2D eigenvalue weighted by atomic mass is 19.4. The third-order valence-electron chi connectivity index (χ3n) is 8.04. The average Bonchev–Trinajstić information content (AvgIpc) is 3.72. The maximum absolute atomic E-state index is 13.8. The Hall–Kier alpha value is -4.12. The number of nitrogens with one attached hydrogen (secondary N) is 1. The first kappa shape index (κ1) is 30.9. The molecule has 2 aliphatic rings. The number of hydrogen-bond donors (Lipinski definition) is 3. The molecule has 2 fully saturated rings. The zero-order valence-electron chi connectivity index (χ0n) is 23.8. The first-order valence-corrected chi connectivity index (χ1v) is 14.2. The van der Waals surface area contributed by atoms with E-state index >= 15 is 0 Å². The standard InChI is InChI=1S/C29H26F5N5O3.H3NO2/c1-15-14-40-11-9-20(15)39-21-7-6-16(29(32,33)34)12-19(21)35-28(39)41-17-8-10-38(13-17)27-24-23(36-26(37-27)25(30)31)18-4-2-3-5-22(18)42-24;2-1-3/h2-7,12,15,17,20,25H,8-11,13-14H2,1H3;1-3H/t15?,17-,20+;/m0./s1. The Labute approximate surface area is 252 Å². The minimum Gasteiger partial charge on any atom is -0.459 e. The number of aromatic nitrogens is 4. The van der Waals surface area contributed by atoms with Gasteiger partial charge in [-0.05, 0) is 36.8 Å². The molecule has 45 heavy (non-hydrogen) atoms. The monoisotopic (exact) mass is 636 g/mol. The minimum atomic E-state index is -4.51. The summed E-state index contributed by atoms with van der Waals surface area (Å²) < 4.78 is 87.9. The highest BCUT2D eigenvalue weighted by Crippen LogP contribution is 2.39. The quantitative estimate of drug-likeness (QED) is 0.149. The molecule has 2 saturated heterocycles. The van der Waals surface area contributed by atoms with Gasteiger partial charge in [0.15, 0.2) is 17.2 Å². The number of furan rings is 1. The van der Waals surface area contributed by atoms with Gasteiger partial charge in [-0.1, -0.05) is 24.7 Å². The van der Waals surface area contributed by atoms with Crippen LogP contribution >= 0.6 is 0 Å². The van der Waals surface area contributed by atoms with E-state index in [1.807, 2.05) is 16.4 Å². The lowest BCUT2D eigenvalue weighted by atomic mass is 9.97. The van der Waals surface area contributed by atoms with Crippen molar-refractivity contribution in [1.82, 2.24) is 25.2 Å². The number of halogens is 5. The van der Waals surface area contributed by atoms with Crippen LogP contribution in [-0.2, 0) is 10.9 Å². The summed E-state index contributed by atoms with van der Waals surface area (Å²) in [5.41, 5.74) is 1.84. The van der Waals surface area contributed by atoms with Gasteiger partial charge in [0.2, 0.25) is 0 Å². The van der Waals surface area contributed by atoms with Crippen LogP contribution in [0.2, 0.25) is 0 Å². The minimum absolute atomic E-state index is 0.0797. The fourth-order valence-corrected chi connectivity index (χ4v) is 5.98. The van der Waals surface area contributed by atoms with Crippen molar-refractivity contribution in [3.05, 3.63) is 53.9 Å². The maximum Gasteiger partial charge on any atom is 0.416 e. The van der Waals surface area contributed by atoms with E-state index in [4.69, 9.17) is 24.3 Å². The van der Waals surface area contributed by atoms with E-state index in [2.05, 4.69) is 15.0 Å². The van der Waals surface area contributed by atoms with Crippen LogP contribution in [0.1, 0.15) is 43.6 Å². The molecule has 0 radical (unpaired) electrons. The van der Waals surface area contributed by atoms with Crippen molar-refractivity contribution >= 4 is 38.9 Å². The van der Waals surface area contributed by atoms with Gasteiger partial charge < -0.3 is 18.8 Å². The van der Waals surface area contributed by atoms with Crippen LogP contribution in [0.25, 0.3) is 33.1 Å². The number of para-hydroxylation sites is 1. The molecule has 5 aromatic rings. The maximum atomic E-state index is 13.8. The first-order chi connectivity index (χ1) is 21.6. The van der Waals surface area contributed by atoms with Crippen molar-refractivity contribution in [1.29, 1.82) is 0 Å². The smallest absolute Gasteiger partial charge is 0.416 e. The molecule has 0 amide bonds. The van der Waals surface area contributed by atoms with Crippen molar-refractivity contribution in [2.75, 3.05) is 31.2 Å². The summed E-state index contributed by atoms with van der Waals surface area (Å²) in [7, 11) is 0. The molecule has 0 bridgehead atoms. The zero-order valence-corrected chi connectivity index (χ0v) is 23.8. The van der Waals surface area contributed by atoms with E-state index in [1.165, 1.54) is 6.07 Å². The molecule has 3 atom stereocenters. The fourth-order valence-electron chi connectivity index (χ4n) is 5.98. The molecule has 0 saturated carbocycles. The number of alkyl halides is 5. The summed E-state index contributed by atoms with van der Waals surface area (Å²) in [6.07, 6.45) is -6.65. The molecule has 240 valence electrons. The lowest BCUT2D eigenvalue weighted by molar-refractivity contribution is -0.137. The number of nitrogens with zero attached hydrogens (tertiary/aromatic N) is 5. The Morgan fingerprint density at radius 3 is 2.58 bits per heavy atom.